The maximum absolute atomic E-state index is 12.8. The first-order valence-corrected chi connectivity index (χ1v) is 8.93. The van der Waals surface area contributed by atoms with Crippen molar-refractivity contribution in [2.45, 2.75) is 63.1 Å². The van der Waals surface area contributed by atoms with Crippen LogP contribution in [-0.2, 0) is 23.3 Å². The highest BCUT2D eigenvalue weighted by molar-refractivity contribution is 7.90. The zero-order valence-electron chi connectivity index (χ0n) is 13.8. The molecule has 0 fully saturated rings. The Hall–Kier alpha value is -0.540. The SMILES string of the molecule is CC1(N[S+]([O-])C(C)(C)C)CCc2c1cc(C(O)C(F)(F)F)nc2Cl. The minimum atomic E-state index is -4.83. The number of hydrogen-bond acceptors (Lipinski definition) is 4. The summed E-state index contributed by atoms with van der Waals surface area (Å²) in [5, 5.41) is 9.41. The molecule has 0 aliphatic heterocycles. The molecule has 24 heavy (non-hydrogen) atoms. The summed E-state index contributed by atoms with van der Waals surface area (Å²) in [4.78, 5) is 3.70. The van der Waals surface area contributed by atoms with Crippen molar-refractivity contribution in [3.8, 4) is 0 Å². The third-order valence-electron chi connectivity index (χ3n) is 4.03. The molecule has 1 aromatic heterocycles. The highest BCUT2D eigenvalue weighted by Crippen LogP contribution is 2.43. The van der Waals surface area contributed by atoms with Crippen LogP contribution in [0, 0.1) is 0 Å². The number of rotatable bonds is 3. The van der Waals surface area contributed by atoms with Crippen LogP contribution in [0.2, 0.25) is 5.15 Å². The molecule has 0 saturated heterocycles. The molecular weight excluding hydrogens is 365 g/mol. The Balaban J connectivity index is 2.44. The second-order valence-corrected chi connectivity index (χ2v) is 9.45. The number of pyridine rings is 1. The summed E-state index contributed by atoms with van der Waals surface area (Å²) in [7, 11) is 0. The van der Waals surface area contributed by atoms with Gasteiger partial charge in [0.05, 0.1) is 11.2 Å². The number of fused-ring (bicyclic) bond motifs is 1. The minimum absolute atomic E-state index is 0.0575. The molecule has 1 heterocycles. The highest BCUT2D eigenvalue weighted by atomic mass is 35.5. The summed E-state index contributed by atoms with van der Waals surface area (Å²) in [5.41, 5.74) is -0.239. The van der Waals surface area contributed by atoms with Crippen molar-refractivity contribution < 1.29 is 22.8 Å². The molecule has 2 rings (SSSR count). The standard InChI is InChI=1S/C15H20ClF3N2O2S/c1-13(2,3)24(23)21-14(4)6-5-8-9(14)7-10(20-12(8)16)11(22)15(17,18)19/h7,11,21-22H,5-6H2,1-4H3. The zero-order chi connectivity index (χ0) is 18.5. The summed E-state index contributed by atoms with van der Waals surface area (Å²) < 4.78 is 53.2. The number of aliphatic hydroxyl groups is 1. The van der Waals surface area contributed by atoms with Gasteiger partial charge in [0.15, 0.2) is 6.10 Å². The number of halogens is 4. The molecule has 0 amide bonds. The second kappa shape index (κ2) is 6.32. The van der Waals surface area contributed by atoms with Crippen LogP contribution in [0.4, 0.5) is 13.2 Å². The fourth-order valence-corrected chi connectivity index (χ4v) is 3.79. The van der Waals surface area contributed by atoms with Gasteiger partial charge in [0, 0.05) is 11.4 Å². The second-order valence-electron chi connectivity index (χ2n) is 7.12. The van der Waals surface area contributed by atoms with Crippen LogP contribution in [0.1, 0.15) is 57.0 Å². The number of hydrogen-bond donors (Lipinski definition) is 2. The van der Waals surface area contributed by atoms with E-state index in [1.54, 1.807) is 27.7 Å². The Morgan fingerprint density at radius 1 is 1.42 bits per heavy atom. The molecule has 1 aromatic rings. The summed E-state index contributed by atoms with van der Waals surface area (Å²) >= 11 is 4.62. The predicted octanol–water partition coefficient (Wildman–Crippen LogP) is 3.54. The van der Waals surface area contributed by atoms with Gasteiger partial charge < -0.3 is 9.66 Å². The molecule has 0 saturated carbocycles. The summed E-state index contributed by atoms with van der Waals surface area (Å²) in [5.74, 6) is 0. The van der Waals surface area contributed by atoms with E-state index >= 15 is 0 Å². The highest BCUT2D eigenvalue weighted by Gasteiger charge is 2.45. The molecule has 0 radical (unpaired) electrons. The molecule has 3 unspecified atom stereocenters. The maximum Gasteiger partial charge on any atom is 0.420 e. The number of alkyl halides is 3. The van der Waals surface area contributed by atoms with Gasteiger partial charge in [-0.25, -0.2) is 4.98 Å². The molecule has 1 aliphatic carbocycles. The van der Waals surface area contributed by atoms with E-state index in [1.807, 2.05) is 0 Å². The molecule has 0 aromatic carbocycles. The number of nitrogens with zero attached hydrogens (tertiary/aromatic N) is 1. The Morgan fingerprint density at radius 2 is 2.00 bits per heavy atom. The Kier molecular flexibility index (Phi) is 5.21. The van der Waals surface area contributed by atoms with Crippen LogP contribution in [0.5, 0.6) is 0 Å². The first kappa shape index (κ1) is 19.8. The van der Waals surface area contributed by atoms with E-state index in [1.165, 1.54) is 6.07 Å². The summed E-state index contributed by atoms with van der Waals surface area (Å²) in [6.07, 6.45) is -6.51. The maximum atomic E-state index is 12.8. The first-order valence-electron chi connectivity index (χ1n) is 7.40. The molecule has 2 N–H and O–H groups in total. The quantitative estimate of drug-likeness (QED) is 0.617. The largest absolute Gasteiger partial charge is 0.598 e. The third-order valence-corrected chi connectivity index (χ3v) is 6.09. The third kappa shape index (κ3) is 3.83. The first-order chi connectivity index (χ1) is 10.8. The van der Waals surface area contributed by atoms with E-state index < -0.39 is 39.6 Å². The van der Waals surface area contributed by atoms with Crippen molar-refractivity contribution in [1.82, 2.24) is 9.71 Å². The van der Waals surface area contributed by atoms with Gasteiger partial charge in [-0.3, -0.25) is 0 Å². The average molecular weight is 385 g/mol. The topological polar surface area (TPSA) is 68.2 Å². The van der Waals surface area contributed by atoms with Crippen LogP contribution in [0.25, 0.3) is 0 Å². The van der Waals surface area contributed by atoms with Crippen molar-refractivity contribution in [2.75, 3.05) is 0 Å². The molecule has 136 valence electrons. The van der Waals surface area contributed by atoms with Gasteiger partial charge in [-0.2, -0.15) is 13.2 Å². The monoisotopic (exact) mass is 384 g/mol. The smallest absolute Gasteiger partial charge is 0.420 e. The summed E-state index contributed by atoms with van der Waals surface area (Å²) in [6.45, 7) is 7.16. The molecular formula is C15H20ClF3N2O2S. The molecule has 9 heteroatoms. The number of aliphatic hydroxyl groups excluding tert-OH is 1. The van der Waals surface area contributed by atoms with Gasteiger partial charge in [-0.1, -0.05) is 11.6 Å². The molecule has 0 spiro atoms. The predicted molar refractivity (Wildman–Crippen MR) is 87.0 cm³/mol. The van der Waals surface area contributed by atoms with Crippen molar-refractivity contribution in [3.63, 3.8) is 0 Å². The van der Waals surface area contributed by atoms with E-state index in [0.717, 1.165) is 0 Å². The Morgan fingerprint density at radius 3 is 2.50 bits per heavy atom. The number of nitrogens with one attached hydrogen (secondary N) is 1. The van der Waals surface area contributed by atoms with Gasteiger partial charge in [0.25, 0.3) is 0 Å². The molecule has 1 aliphatic rings. The van der Waals surface area contributed by atoms with Gasteiger partial charge in [0.2, 0.25) is 0 Å². The zero-order valence-corrected chi connectivity index (χ0v) is 15.4. The van der Waals surface area contributed by atoms with Crippen molar-refractivity contribution >= 4 is 23.0 Å². The molecule has 3 atom stereocenters. The lowest BCUT2D eigenvalue weighted by Gasteiger charge is -2.33. The lowest BCUT2D eigenvalue weighted by Crippen LogP contribution is -2.49. The lowest BCUT2D eigenvalue weighted by molar-refractivity contribution is -0.208. The van der Waals surface area contributed by atoms with E-state index in [9.17, 15) is 22.8 Å². The Labute approximate surface area is 147 Å². The van der Waals surface area contributed by atoms with E-state index in [0.29, 0.717) is 24.0 Å². The van der Waals surface area contributed by atoms with Gasteiger partial charge in [-0.15, -0.1) is 4.72 Å². The van der Waals surface area contributed by atoms with Crippen molar-refractivity contribution in [2.24, 2.45) is 0 Å². The van der Waals surface area contributed by atoms with Crippen LogP contribution < -0.4 is 4.72 Å². The van der Waals surface area contributed by atoms with Crippen LogP contribution in [-0.4, -0.2) is 25.6 Å². The summed E-state index contributed by atoms with van der Waals surface area (Å²) in [6, 6.07) is 1.21. The average Bonchev–Trinajstić information content (AvgIpc) is 2.74. The lowest BCUT2D eigenvalue weighted by atomic mass is 9.95. The van der Waals surface area contributed by atoms with Gasteiger partial charge in [0.1, 0.15) is 9.90 Å². The van der Waals surface area contributed by atoms with Gasteiger partial charge >= 0.3 is 6.18 Å². The van der Waals surface area contributed by atoms with Crippen LogP contribution >= 0.6 is 11.6 Å². The van der Waals surface area contributed by atoms with E-state index in [4.69, 9.17) is 11.6 Å². The fraction of sp³-hybridized carbons (Fsp3) is 0.667. The van der Waals surface area contributed by atoms with E-state index in [-0.39, 0.29) is 5.15 Å². The van der Waals surface area contributed by atoms with Crippen molar-refractivity contribution in [3.05, 3.63) is 28.0 Å². The molecule has 4 nitrogen and oxygen atoms in total. The minimum Gasteiger partial charge on any atom is -0.598 e. The fourth-order valence-electron chi connectivity index (χ4n) is 2.57. The van der Waals surface area contributed by atoms with Gasteiger partial charge in [-0.05, 0) is 57.7 Å². The van der Waals surface area contributed by atoms with Crippen molar-refractivity contribution in [1.29, 1.82) is 0 Å². The molecule has 0 bridgehead atoms. The van der Waals surface area contributed by atoms with Crippen LogP contribution in [0.15, 0.2) is 6.07 Å². The van der Waals surface area contributed by atoms with E-state index in [2.05, 4.69) is 9.71 Å². The normalized spacial score (nSPS) is 23.9. The Bertz CT molecular complexity index is 636. The number of aromatic nitrogens is 1. The van der Waals surface area contributed by atoms with Crippen LogP contribution in [0.3, 0.4) is 0 Å².